The molecule has 2 aromatic carbocycles. The molecule has 0 aliphatic rings. The van der Waals surface area contributed by atoms with Crippen LogP contribution in [0.3, 0.4) is 0 Å². The van der Waals surface area contributed by atoms with Crippen LogP contribution in [0.2, 0.25) is 0 Å². The smallest absolute Gasteiger partial charge is 0.260 e. The number of rotatable bonds is 6. The normalized spacial score (nSPS) is 11.2. The first kappa shape index (κ1) is 20.5. The SMILES string of the molecule is COc1cccc(-c2nnc(SCc3nc4scc(-c5ccccc5)c4c(=O)[nH]3)n2C)c1. The van der Waals surface area contributed by atoms with E-state index in [0.29, 0.717) is 17.0 Å². The van der Waals surface area contributed by atoms with Gasteiger partial charge in [0, 0.05) is 23.6 Å². The minimum atomic E-state index is -0.124. The Morgan fingerprint density at radius 1 is 1.09 bits per heavy atom. The molecule has 0 saturated carbocycles. The van der Waals surface area contributed by atoms with Crippen molar-refractivity contribution in [3.05, 3.63) is 76.2 Å². The van der Waals surface area contributed by atoms with Gasteiger partial charge in [-0.2, -0.15) is 0 Å². The van der Waals surface area contributed by atoms with Gasteiger partial charge in [0.15, 0.2) is 11.0 Å². The average Bonchev–Trinajstić information content (AvgIpc) is 3.42. The Morgan fingerprint density at radius 2 is 1.91 bits per heavy atom. The third kappa shape index (κ3) is 3.80. The largest absolute Gasteiger partial charge is 0.497 e. The van der Waals surface area contributed by atoms with E-state index < -0.39 is 0 Å². The lowest BCUT2D eigenvalue weighted by Crippen LogP contribution is -2.10. The molecule has 32 heavy (non-hydrogen) atoms. The van der Waals surface area contributed by atoms with Crippen molar-refractivity contribution in [3.63, 3.8) is 0 Å². The summed E-state index contributed by atoms with van der Waals surface area (Å²) in [7, 11) is 3.56. The second kappa shape index (κ2) is 8.60. The molecule has 0 fully saturated rings. The predicted octanol–water partition coefficient (Wildman–Crippen LogP) is 4.75. The van der Waals surface area contributed by atoms with Crippen LogP contribution in [0.25, 0.3) is 32.7 Å². The van der Waals surface area contributed by atoms with E-state index in [1.165, 1.54) is 23.1 Å². The highest BCUT2D eigenvalue weighted by atomic mass is 32.2. The van der Waals surface area contributed by atoms with E-state index in [1.54, 1.807) is 7.11 Å². The van der Waals surface area contributed by atoms with Crippen LogP contribution in [-0.4, -0.2) is 31.8 Å². The number of benzene rings is 2. The van der Waals surface area contributed by atoms with Crippen LogP contribution in [0.15, 0.2) is 69.9 Å². The van der Waals surface area contributed by atoms with Gasteiger partial charge in [0.2, 0.25) is 0 Å². The summed E-state index contributed by atoms with van der Waals surface area (Å²) in [6.07, 6.45) is 0. The minimum absolute atomic E-state index is 0.124. The van der Waals surface area contributed by atoms with E-state index >= 15 is 0 Å². The molecule has 0 saturated heterocycles. The number of H-pyrrole nitrogens is 1. The maximum absolute atomic E-state index is 12.8. The molecule has 3 aromatic heterocycles. The van der Waals surface area contributed by atoms with Crippen molar-refractivity contribution in [3.8, 4) is 28.3 Å². The second-order valence-electron chi connectivity index (χ2n) is 7.09. The lowest BCUT2D eigenvalue weighted by Gasteiger charge is -2.06. The summed E-state index contributed by atoms with van der Waals surface area (Å²) in [5.41, 5.74) is 2.72. The van der Waals surface area contributed by atoms with Crippen LogP contribution in [0.1, 0.15) is 5.82 Å². The van der Waals surface area contributed by atoms with E-state index in [1.807, 2.05) is 71.6 Å². The Hall–Kier alpha value is -3.43. The van der Waals surface area contributed by atoms with Gasteiger partial charge in [0.25, 0.3) is 5.56 Å². The van der Waals surface area contributed by atoms with Crippen LogP contribution in [-0.2, 0) is 12.8 Å². The summed E-state index contributed by atoms with van der Waals surface area (Å²) in [5, 5.41) is 12.0. The number of thiophene rings is 1. The molecule has 0 amide bonds. The number of thioether (sulfide) groups is 1. The van der Waals surface area contributed by atoms with Gasteiger partial charge < -0.3 is 14.3 Å². The summed E-state index contributed by atoms with van der Waals surface area (Å²) in [4.78, 5) is 21.2. The summed E-state index contributed by atoms with van der Waals surface area (Å²) in [5.74, 6) is 2.60. The molecular weight excluding hydrogens is 442 g/mol. The number of hydrogen-bond donors (Lipinski definition) is 1. The van der Waals surface area contributed by atoms with Gasteiger partial charge in [-0.15, -0.1) is 21.5 Å². The van der Waals surface area contributed by atoms with Crippen molar-refractivity contribution in [1.29, 1.82) is 0 Å². The van der Waals surface area contributed by atoms with Gasteiger partial charge in [0.1, 0.15) is 16.4 Å². The molecule has 5 aromatic rings. The van der Waals surface area contributed by atoms with Crippen LogP contribution < -0.4 is 10.3 Å². The van der Waals surface area contributed by atoms with E-state index in [0.717, 1.165) is 38.3 Å². The fourth-order valence-corrected chi connectivity index (χ4v) is 5.23. The van der Waals surface area contributed by atoms with Gasteiger partial charge >= 0.3 is 0 Å². The van der Waals surface area contributed by atoms with Crippen molar-refractivity contribution in [2.75, 3.05) is 7.11 Å². The van der Waals surface area contributed by atoms with Crippen LogP contribution in [0.4, 0.5) is 0 Å². The number of nitrogens with zero attached hydrogens (tertiary/aromatic N) is 4. The molecule has 0 spiro atoms. The van der Waals surface area contributed by atoms with E-state index in [2.05, 4.69) is 20.2 Å². The first-order valence-corrected chi connectivity index (χ1v) is 11.7. The zero-order valence-corrected chi connectivity index (χ0v) is 19.0. The molecule has 0 atom stereocenters. The van der Waals surface area contributed by atoms with Crippen molar-refractivity contribution in [1.82, 2.24) is 24.7 Å². The van der Waals surface area contributed by atoms with Crippen molar-refractivity contribution in [2.24, 2.45) is 7.05 Å². The monoisotopic (exact) mass is 461 g/mol. The lowest BCUT2D eigenvalue weighted by atomic mass is 10.1. The van der Waals surface area contributed by atoms with Gasteiger partial charge in [-0.25, -0.2) is 4.98 Å². The topological polar surface area (TPSA) is 85.7 Å². The van der Waals surface area contributed by atoms with Crippen LogP contribution in [0.5, 0.6) is 5.75 Å². The first-order valence-electron chi connectivity index (χ1n) is 9.86. The molecule has 0 aliphatic heterocycles. The quantitative estimate of drug-likeness (QED) is 0.367. The van der Waals surface area contributed by atoms with E-state index in [9.17, 15) is 4.79 Å². The molecule has 9 heteroatoms. The molecular formula is C23H19N5O2S2. The Morgan fingerprint density at radius 3 is 2.72 bits per heavy atom. The van der Waals surface area contributed by atoms with E-state index in [4.69, 9.17) is 4.74 Å². The number of aromatic amines is 1. The highest BCUT2D eigenvalue weighted by Gasteiger charge is 2.15. The first-order chi connectivity index (χ1) is 15.6. The second-order valence-corrected chi connectivity index (χ2v) is 8.89. The Kier molecular flexibility index (Phi) is 5.50. The van der Waals surface area contributed by atoms with Gasteiger partial charge in [-0.3, -0.25) is 4.79 Å². The van der Waals surface area contributed by atoms with Gasteiger partial charge in [-0.1, -0.05) is 54.2 Å². The van der Waals surface area contributed by atoms with Gasteiger partial charge in [-0.05, 0) is 17.7 Å². The maximum atomic E-state index is 12.8. The van der Waals surface area contributed by atoms with Crippen molar-refractivity contribution in [2.45, 2.75) is 10.9 Å². The molecule has 1 N–H and O–H groups in total. The zero-order valence-electron chi connectivity index (χ0n) is 17.4. The summed E-state index contributed by atoms with van der Waals surface area (Å²) in [6, 6.07) is 17.6. The summed E-state index contributed by atoms with van der Waals surface area (Å²) >= 11 is 2.96. The van der Waals surface area contributed by atoms with Crippen LogP contribution in [0, 0.1) is 0 Å². The number of nitrogens with one attached hydrogen (secondary N) is 1. The summed E-state index contributed by atoms with van der Waals surface area (Å²) < 4.78 is 7.23. The lowest BCUT2D eigenvalue weighted by molar-refractivity contribution is 0.415. The molecule has 160 valence electrons. The number of methoxy groups -OCH3 is 1. The third-order valence-corrected chi connectivity index (χ3v) is 6.98. The number of fused-ring (bicyclic) bond motifs is 1. The third-order valence-electron chi connectivity index (χ3n) is 5.08. The Balaban J connectivity index is 1.39. The predicted molar refractivity (Wildman–Crippen MR) is 128 cm³/mol. The standard InChI is InChI=1S/C23H19N5O2S2/c1-28-20(15-9-6-10-16(11-15)30-2)26-27-23(28)32-13-18-24-21(29)19-17(12-31-22(19)25-18)14-7-4-3-5-8-14/h3-12H,13H2,1-2H3,(H,24,25,29). The fourth-order valence-electron chi connectivity index (χ4n) is 3.48. The molecule has 0 bridgehead atoms. The van der Waals surface area contributed by atoms with Crippen LogP contribution >= 0.6 is 23.1 Å². The van der Waals surface area contributed by atoms with Gasteiger partial charge in [0.05, 0.1) is 18.2 Å². The van der Waals surface area contributed by atoms with Crippen molar-refractivity contribution < 1.29 is 4.74 Å². The molecule has 0 radical (unpaired) electrons. The highest BCUT2D eigenvalue weighted by Crippen LogP contribution is 2.31. The van der Waals surface area contributed by atoms with Crippen molar-refractivity contribution >= 4 is 33.3 Å². The molecule has 3 heterocycles. The number of hydrogen-bond acceptors (Lipinski definition) is 7. The fraction of sp³-hybridized carbons (Fsp3) is 0.130. The average molecular weight is 462 g/mol. The Bertz CT molecular complexity index is 1460. The molecule has 0 unspecified atom stereocenters. The van der Waals surface area contributed by atoms with E-state index in [-0.39, 0.29) is 5.56 Å². The number of aromatic nitrogens is 5. The molecule has 5 rings (SSSR count). The maximum Gasteiger partial charge on any atom is 0.260 e. The molecule has 0 aliphatic carbocycles. The highest BCUT2D eigenvalue weighted by molar-refractivity contribution is 7.98. The Labute approximate surface area is 192 Å². The summed E-state index contributed by atoms with van der Waals surface area (Å²) in [6.45, 7) is 0. The zero-order chi connectivity index (χ0) is 22.1. The molecule has 7 nitrogen and oxygen atoms in total. The number of ether oxygens (including phenoxy) is 1. The minimum Gasteiger partial charge on any atom is -0.497 e.